The van der Waals surface area contributed by atoms with Crippen molar-refractivity contribution in [3.63, 3.8) is 0 Å². The molecule has 2 aromatic heterocycles. The molecule has 0 amide bonds. The van der Waals surface area contributed by atoms with Crippen LogP contribution in [0.5, 0.6) is 0 Å². The summed E-state index contributed by atoms with van der Waals surface area (Å²) in [6.07, 6.45) is 1.01. The Morgan fingerprint density at radius 3 is 2.58 bits per heavy atom. The molecule has 11 heteroatoms. The summed E-state index contributed by atoms with van der Waals surface area (Å²) in [6, 6.07) is 14.9. The number of hydrogen-bond donors (Lipinski definition) is 1. The molecular weight excluding hydrogens is 438 g/mol. The largest absolute Gasteiger partial charge is 0.337 e. The Balaban J connectivity index is 1.89. The minimum Gasteiger partial charge on any atom is -0.284 e. The van der Waals surface area contributed by atoms with Crippen molar-refractivity contribution in [3.8, 4) is 11.8 Å². The quantitative estimate of drug-likeness (QED) is 0.492. The Morgan fingerprint density at radius 1 is 1.16 bits per heavy atom. The molecule has 0 aliphatic rings. The normalized spacial score (nSPS) is 11.4. The molecule has 0 fully saturated rings. The molecule has 0 radical (unpaired) electrons. The molecule has 0 saturated heterocycles. The second kappa shape index (κ2) is 7.82. The number of aromatic nitrogens is 3. The minimum absolute atomic E-state index is 0.139. The number of benzene rings is 2. The van der Waals surface area contributed by atoms with Crippen LogP contribution in [0.4, 0.5) is 5.69 Å². The van der Waals surface area contributed by atoms with Crippen molar-refractivity contribution < 1.29 is 8.42 Å². The van der Waals surface area contributed by atoms with E-state index in [1.165, 1.54) is 33.5 Å². The second-order valence-corrected chi connectivity index (χ2v) is 9.33. The summed E-state index contributed by atoms with van der Waals surface area (Å²) in [6.45, 7) is 0.171. The van der Waals surface area contributed by atoms with Crippen LogP contribution in [-0.2, 0) is 16.6 Å². The Bertz CT molecular complexity index is 1560. The van der Waals surface area contributed by atoms with Gasteiger partial charge in [-0.15, -0.1) is 11.3 Å². The minimum atomic E-state index is -3.53. The molecule has 0 saturated carbocycles. The van der Waals surface area contributed by atoms with Crippen LogP contribution in [0.3, 0.4) is 0 Å². The van der Waals surface area contributed by atoms with E-state index in [-0.39, 0.29) is 23.4 Å². The van der Waals surface area contributed by atoms with Crippen LogP contribution in [0.25, 0.3) is 16.0 Å². The molecule has 4 rings (SSSR count). The fourth-order valence-electron chi connectivity index (χ4n) is 3.14. The number of rotatable bonds is 5. The van der Waals surface area contributed by atoms with E-state index in [9.17, 15) is 18.0 Å². The number of hydrogen-bond acceptors (Lipinski definition) is 7. The summed E-state index contributed by atoms with van der Waals surface area (Å²) in [5.74, 6) is 0. The van der Waals surface area contributed by atoms with Gasteiger partial charge < -0.3 is 0 Å². The van der Waals surface area contributed by atoms with Gasteiger partial charge in [-0.3, -0.25) is 14.1 Å². The van der Waals surface area contributed by atoms with Crippen LogP contribution in [0.1, 0.15) is 11.1 Å². The zero-order chi connectivity index (χ0) is 22.2. The van der Waals surface area contributed by atoms with E-state index in [2.05, 4.69) is 9.71 Å². The van der Waals surface area contributed by atoms with E-state index < -0.39 is 21.3 Å². The maximum atomic E-state index is 13.3. The highest BCUT2D eigenvalue weighted by Gasteiger charge is 2.17. The maximum absolute atomic E-state index is 13.3. The molecule has 0 aliphatic heterocycles. The molecule has 31 heavy (non-hydrogen) atoms. The molecule has 156 valence electrons. The average molecular weight is 454 g/mol. The van der Waals surface area contributed by atoms with Crippen molar-refractivity contribution in [1.29, 1.82) is 5.26 Å². The zero-order valence-electron chi connectivity index (χ0n) is 16.1. The predicted molar refractivity (Wildman–Crippen MR) is 118 cm³/mol. The molecule has 0 aliphatic carbocycles. The van der Waals surface area contributed by atoms with Crippen molar-refractivity contribution in [1.82, 2.24) is 14.1 Å². The summed E-state index contributed by atoms with van der Waals surface area (Å²) in [5, 5.41) is 8.97. The summed E-state index contributed by atoms with van der Waals surface area (Å²) in [7, 11) is -3.53. The number of thiazole rings is 1. The Kier molecular flexibility index (Phi) is 5.18. The smallest absolute Gasteiger partial charge is 0.284 e. The van der Waals surface area contributed by atoms with Gasteiger partial charge in [-0.2, -0.15) is 5.26 Å². The van der Waals surface area contributed by atoms with E-state index in [1.807, 2.05) is 6.07 Å². The fourth-order valence-corrected chi connectivity index (χ4v) is 4.47. The summed E-state index contributed by atoms with van der Waals surface area (Å²) < 4.78 is 27.8. The first-order chi connectivity index (χ1) is 14.8. The lowest BCUT2D eigenvalue weighted by atomic mass is 10.1. The van der Waals surface area contributed by atoms with Gasteiger partial charge in [-0.25, -0.2) is 22.8 Å². The van der Waals surface area contributed by atoms with E-state index >= 15 is 0 Å². The molecule has 0 unspecified atom stereocenters. The van der Waals surface area contributed by atoms with Crippen LogP contribution in [0.15, 0.2) is 63.6 Å². The van der Waals surface area contributed by atoms with Crippen LogP contribution in [0.2, 0.25) is 0 Å². The molecular formula is C20H15N5O4S2. The maximum Gasteiger partial charge on any atom is 0.337 e. The monoisotopic (exact) mass is 453 g/mol. The molecule has 2 aromatic carbocycles. The van der Waals surface area contributed by atoms with Gasteiger partial charge in [0.25, 0.3) is 5.56 Å². The highest BCUT2D eigenvalue weighted by molar-refractivity contribution is 7.92. The Morgan fingerprint density at radius 2 is 1.90 bits per heavy atom. The zero-order valence-corrected chi connectivity index (χ0v) is 17.8. The standard InChI is InChI=1S/C20H15N5O4S2/c1-31(28,29)23-15-3-2-4-16(9-15)25-18(26)17-19(30-12-22-17)24(20(25)27)11-14-7-5-13(10-21)6-8-14/h2-9,12,23H,11H2,1H3. The van der Waals surface area contributed by atoms with E-state index in [0.717, 1.165) is 16.4 Å². The summed E-state index contributed by atoms with van der Waals surface area (Å²) in [4.78, 5) is 30.9. The lowest BCUT2D eigenvalue weighted by Gasteiger charge is -2.13. The molecule has 4 aromatic rings. The Hall–Kier alpha value is -3.75. The van der Waals surface area contributed by atoms with Gasteiger partial charge in [-0.05, 0) is 35.9 Å². The first-order valence-corrected chi connectivity index (χ1v) is 11.7. The fraction of sp³-hybridized carbons (Fsp3) is 0.100. The summed E-state index contributed by atoms with van der Waals surface area (Å²) >= 11 is 1.18. The van der Waals surface area contributed by atoms with Gasteiger partial charge in [0.2, 0.25) is 10.0 Å². The number of anilines is 1. The van der Waals surface area contributed by atoms with Gasteiger partial charge in [0, 0.05) is 0 Å². The average Bonchev–Trinajstić information content (AvgIpc) is 3.21. The van der Waals surface area contributed by atoms with E-state index in [4.69, 9.17) is 5.26 Å². The molecule has 9 nitrogen and oxygen atoms in total. The van der Waals surface area contributed by atoms with Gasteiger partial charge in [-0.1, -0.05) is 18.2 Å². The van der Waals surface area contributed by atoms with Crippen LogP contribution in [-0.4, -0.2) is 28.8 Å². The van der Waals surface area contributed by atoms with Gasteiger partial charge in [0.15, 0.2) is 5.52 Å². The molecule has 0 atom stereocenters. The third-order valence-corrected chi connectivity index (χ3v) is 5.91. The number of nitriles is 1. The van der Waals surface area contributed by atoms with Crippen LogP contribution < -0.4 is 16.0 Å². The number of sulfonamides is 1. The predicted octanol–water partition coefficient (Wildman–Crippen LogP) is 1.90. The topological polar surface area (TPSA) is 127 Å². The van der Waals surface area contributed by atoms with Crippen LogP contribution in [0, 0.1) is 11.3 Å². The Labute approximate surface area is 180 Å². The lowest BCUT2D eigenvalue weighted by Crippen LogP contribution is -2.39. The van der Waals surface area contributed by atoms with Crippen molar-refractivity contribution in [2.45, 2.75) is 6.54 Å². The van der Waals surface area contributed by atoms with Gasteiger partial charge in [0.05, 0.1) is 41.3 Å². The van der Waals surface area contributed by atoms with Crippen molar-refractivity contribution >= 4 is 37.4 Å². The van der Waals surface area contributed by atoms with E-state index in [1.54, 1.807) is 36.4 Å². The van der Waals surface area contributed by atoms with Crippen molar-refractivity contribution in [2.75, 3.05) is 11.0 Å². The number of nitrogens with one attached hydrogen (secondary N) is 1. The molecule has 2 heterocycles. The van der Waals surface area contributed by atoms with E-state index in [0.29, 0.717) is 10.4 Å². The third-order valence-electron chi connectivity index (χ3n) is 4.45. The highest BCUT2D eigenvalue weighted by Crippen LogP contribution is 2.18. The lowest BCUT2D eigenvalue weighted by molar-refractivity contribution is 0.607. The molecule has 0 spiro atoms. The second-order valence-electron chi connectivity index (χ2n) is 6.75. The van der Waals surface area contributed by atoms with Gasteiger partial charge in [0.1, 0.15) is 4.83 Å². The summed E-state index contributed by atoms with van der Waals surface area (Å²) in [5.41, 5.74) is 2.17. The third kappa shape index (κ3) is 4.11. The van der Waals surface area contributed by atoms with Crippen LogP contribution >= 0.6 is 11.3 Å². The van der Waals surface area contributed by atoms with Crippen molar-refractivity contribution in [2.24, 2.45) is 0 Å². The molecule has 0 bridgehead atoms. The first kappa shape index (κ1) is 20.5. The van der Waals surface area contributed by atoms with Crippen molar-refractivity contribution in [3.05, 3.63) is 86.0 Å². The molecule has 1 N–H and O–H groups in total. The van der Waals surface area contributed by atoms with Gasteiger partial charge >= 0.3 is 5.69 Å². The highest BCUT2D eigenvalue weighted by atomic mass is 32.2. The SMILES string of the molecule is CS(=O)(=O)Nc1cccc(-n2c(=O)c3ncsc3n(Cc3ccc(C#N)cc3)c2=O)c1. The first-order valence-electron chi connectivity index (χ1n) is 8.93. The number of fused-ring (bicyclic) bond motifs is 1. The number of nitrogens with zero attached hydrogens (tertiary/aromatic N) is 4.